The van der Waals surface area contributed by atoms with E-state index in [4.69, 9.17) is 9.68 Å². The second kappa shape index (κ2) is 6.60. The van der Waals surface area contributed by atoms with Gasteiger partial charge in [0.15, 0.2) is 0 Å². The Morgan fingerprint density at radius 2 is 0.906 bits per heavy atom. The summed E-state index contributed by atoms with van der Waals surface area (Å²) in [6, 6.07) is 0. The van der Waals surface area contributed by atoms with Crippen LogP contribution in [0.15, 0.2) is 24.3 Å². The number of hydrogen-bond acceptors (Lipinski definition) is 8. The zero-order chi connectivity index (χ0) is 22.3. The Morgan fingerprint density at radius 3 is 1.19 bits per heavy atom. The highest BCUT2D eigenvalue weighted by Gasteiger charge is 2.62. The molecule has 10 heteroatoms. The van der Waals surface area contributed by atoms with Gasteiger partial charge in [0.05, 0.1) is 36.5 Å². The van der Waals surface area contributed by atoms with Gasteiger partial charge in [0, 0.05) is 0 Å². The molecule has 0 spiro atoms. The molecular formula is C22H20N2O8. The first-order valence-corrected chi connectivity index (χ1v) is 10.9. The van der Waals surface area contributed by atoms with Gasteiger partial charge in [-0.2, -0.15) is 0 Å². The van der Waals surface area contributed by atoms with Crippen molar-refractivity contribution in [1.82, 2.24) is 10.1 Å². The molecule has 2 aliphatic heterocycles. The van der Waals surface area contributed by atoms with Gasteiger partial charge in [0.2, 0.25) is 0 Å². The predicted molar refractivity (Wildman–Crippen MR) is 101 cm³/mol. The number of imide groups is 2. The van der Waals surface area contributed by atoms with Crippen molar-refractivity contribution >= 4 is 35.6 Å². The molecule has 0 aromatic rings. The molecule has 6 rings (SSSR count). The number of allylic oxidation sites excluding steroid dienone is 4. The maximum Gasteiger partial charge on any atom is 0.333 e. The third-order valence-electron chi connectivity index (χ3n) is 7.78. The Kier molecular flexibility index (Phi) is 4.00. The van der Waals surface area contributed by atoms with Gasteiger partial charge < -0.3 is 9.68 Å². The monoisotopic (exact) mass is 440 g/mol. The lowest BCUT2D eigenvalue weighted by Crippen LogP contribution is -2.36. The highest BCUT2D eigenvalue weighted by Crippen LogP contribution is 2.53. The molecule has 0 aromatic carbocycles. The van der Waals surface area contributed by atoms with E-state index in [0.717, 1.165) is 12.8 Å². The largest absolute Gasteiger partial charge is 0.333 e. The molecule has 2 saturated carbocycles. The van der Waals surface area contributed by atoms with Gasteiger partial charge in [0.1, 0.15) is 0 Å². The number of carbonyl (C=O) groups is 6. The molecule has 4 amide bonds. The topological polar surface area (TPSA) is 127 Å². The number of nitrogens with zero attached hydrogens (tertiary/aromatic N) is 2. The fourth-order valence-corrected chi connectivity index (χ4v) is 6.43. The van der Waals surface area contributed by atoms with Gasteiger partial charge in [0.25, 0.3) is 23.6 Å². The van der Waals surface area contributed by atoms with Crippen molar-refractivity contribution in [2.75, 3.05) is 0 Å². The summed E-state index contributed by atoms with van der Waals surface area (Å²) in [4.78, 5) is 84.4. The number of hydrogen-bond donors (Lipinski definition) is 0. The summed E-state index contributed by atoms with van der Waals surface area (Å²) in [6.07, 6.45) is 8.29. The van der Waals surface area contributed by atoms with E-state index in [2.05, 4.69) is 0 Å². The summed E-state index contributed by atoms with van der Waals surface area (Å²) in [5, 5.41) is 1.04. The van der Waals surface area contributed by atoms with Crippen LogP contribution in [0.4, 0.5) is 0 Å². The third-order valence-corrected chi connectivity index (χ3v) is 7.78. The lowest BCUT2D eigenvalue weighted by atomic mass is 9.85. The van der Waals surface area contributed by atoms with E-state index < -0.39 is 72.1 Å². The zero-order valence-corrected chi connectivity index (χ0v) is 16.9. The average molecular weight is 440 g/mol. The number of rotatable bonds is 5. The van der Waals surface area contributed by atoms with Crippen LogP contribution < -0.4 is 0 Å². The number of amides is 4. The molecule has 8 atom stereocenters. The second-order valence-electron chi connectivity index (χ2n) is 9.37. The van der Waals surface area contributed by atoms with Crippen LogP contribution in [0.3, 0.4) is 0 Å². The van der Waals surface area contributed by atoms with Crippen LogP contribution >= 0.6 is 0 Å². The van der Waals surface area contributed by atoms with E-state index in [1.807, 2.05) is 24.3 Å². The zero-order valence-electron chi connectivity index (χ0n) is 16.9. The van der Waals surface area contributed by atoms with Crippen molar-refractivity contribution in [3.8, 4) is 0 Å². The fraction of sp³-hybridized carbons (Fsp3) is 0.545. The molecule has 6 aliphatic rings. The van der Waals surface area contributed by atoms with E-state index in [-0.39, 0.29) is 23.7 Å². The van der Waals surface area contributed by atoms with Crippen LogP contribution in [0.1, 0.15) is 25.7 Å². The van der Waals surface area contributed by atoms with Gasteiger partial charge in [-0.25, -0.2) is 9.59 Å². The molecule has 32 heavy (non-hydrogen) atoms. The Hall–Kier alpha value is -3.30. The van der Waals surface area contributed by atoms with E-state index in [1.54, 1.807) is 0 Å². The predicted octanol–water partition coefficient (Wildman–Crippen LogP) is 0.297. The average Bonchev–Trinajstić information content (AvgIpc) is 3.60. The second-order valence-corrected chi connectivity index (χ2v) is 9.37. The van der Waals surface area contributed by atoms with Gasteiger partial charge in [-0.05, 0) is 36.5 Å². The lowest BCUT2D eigenvalue weighted by molar-refractivity contribution is -0.203. The first kappa shape index (κ1) is 19.4. The molecule has 166 valence electrons. The minimum absolute atomic E-state index is 0.0133. The summed E-state index contributed by atoms with van der Waals surface area (Å²) in [7, 11) is 0. The molecule has 8 unspecified atom stereocenters. The molecule has 0 aromatic heterocycles. The van der Waals surface area contributed by atoms with E-state index >= 15 is 0 Å². The molecule has 10 nitrogen and oxygen atoms in total. The summed E-state index contributed by atoms with van der Waals surface area (Å²) >= 11 is 0. The minimum Gasteiger partial charge on any atom is -0.330 e. The highest BCUT2D eigenvalue weighted by molar-refractivity contribution is 6.07. The van der Waals surface area contributed by atoms with Gasteiger partial charge in [-0.1, -0.05) is 24.3 Å². The van der Waals surface area contributed by atoms with Crippen LogP contribution in [0.25, 0.3) is 0 Å². The van der Waals surface area contributed by atoms with E-state index in [1.165, 1.54) is 0 Å². The Morgan fingerprint density at radius 1 is 0.625 bits per heavy atom. The maximum absolute atomic E-state index is 12.5. The summed E-state index contributed by atoms with van der Waals surface area (Å²) in [5.41, 5.74) is 0. The van der Waals surface area contributed by atoms with Crippen LogP contribution in [0.5, 0.6) is 0 Å². The van der Waals surface area contributed by atoms with Crippen molar-refractivity contribution in [1.29, 1.82) is 0 Å². The van der Waals surface area contributed by atoms with Crippen LogP contribution in [-0.4, -0.2) is 45.7 Å². The maximum atomic E-state index is 12.5. The lowest BCUT2D eigenvalue weighted by Gasteiger charge is -2.17. The normalized spacial score (nSPS) is 40.0. The molecule has 2 saturated heterocycles. The van der Waals surface area contributed by atoms with Crippen LogP contribution in [0.2, 0.25) is 0 Å². The highest BCUT2D eigenvalue weighted by atomic mass is 16.7. The summed E-state index contributed by atoms with van der Waals surface area (Å²) in [6.45, 7) is 0. The van der Waals surface area contributed by atoms with Crippen molar-refractivity contribution in [2.24, 2.45) is 47.3 Å². The third kappa shape index (κ3) is 2.52. The first-order chi connectivity index (χ1) is 15.3. The summed E-state index contributed by atoms with van der Waals surface area (Å²) < 4.78 is 0. The summed E-state index contributed by atoms with van der Waals surface area (Å²) in [5.74, 6) is -6.04. The molecule has 4 fully saturated rings. The fourth-order valence-electron chi connectivity index (χ4n) is 6.43. The number of hydroxylamine groups is 4. The minimum atomic E-state index is -0.942. The Balaban J connectivity index is 1.02. The Labute approximate surface area is 182 Å². The van der Waals surface area contributed by atoms with Crippen molar-refractivity contribution in [2.45, 2.75) is 25.7 Å². The number of carbonyl (C=O) groups excluding carboxylic acids is 6. The molecule has 2 heterocycles. The first-order valence-electron chi connectivity index (χ1n) is 10.9. The molecule has 0 radical (unpaired) electrons. The van der Waals surface area contributed by atoms with Crippen LogP contribution in [-0.2, 0) is 38.4 Å². The van der Waals surface area contributed by atoms with Crippen molar-refractivity contribution in [3.05, 3.63) is 24.3 Å². The van der Waals surface area contributed by atoms with Crippen LogP contribution in [0, 0.1) is 47.3 Å². The SMILES string of the molecule is O=C(CCC(=O)ON1C(=O)C2C3C=CC(C3)C2C1=O)ON1C(=O)C2C3C=CC(C3)C2C1=O. The molecule has 0 N–H and O–H groups in total. The molecule has 4 bridgehead atoms. The van der Waals surface area contributed by atoms with Crippen molar-refractivity contribution in [3.63, 3.8) is 0 Å². The Bertz CT molecular complexity index is 905. The van der Waals surface area contributed by atoms with Gasteiger partial charge >= 0.3 is 11.9 Å². The molecular weight excluding hydrogens is 420 g/mol. The van der Waals surface area contributed by atoms with Crippen molar-refractivity contribution < 1.29 is 38.4 Å². The van der Waals surface area contributed by atoms with E-state index in [0.29, 0.717) is 10.1 Å². The quantitative estimate of drug-likeness (QED) is 0.441. The standard InChI is InChI=1S/C22H20N2O8/c25-13(31-23-19(27)15-9-1-2-10(7-9)16(15)20(23)28)5-6-14(26)32-24-21(29)17-11-3-4-12(8-11)18(17)22(24)30/h1-4,9-12,15-18H,5-8H2. The molecule has 4 aliphatic carbocycles. The number of fused-ring (bicyclic) bond motifs is 10. The van der Waals surface area contributed by atoms with Gasteiger partial charge in [-0.15, -0.1) is 10.1 Å². The smallest absolute Gasteiger partial charge is 0.330 e. The van der Waals surface area contributed by atoms with E-state index in [9.17, 15) is 28.8 Å². The van der Waals surface area contributed by atoms with Gasteiger partial charge in [-0.3, -0.25) is 19.2 Å².